The Hall–Kier alpha value is -1.03. The summed E-state index contributed by atoms with van der Waals surface area (Å²) in [4.78, 5) is 4.21. The van der Waals surface area contributed by atoms with Gasteiger partial charge in [0, 0.05) is 33.2 Å². The number of alkyl halides is 3. The van der Waals surface area contributed by atoms with Gasteiger partial charge in [-0.25, -0.2) is 8.42 Å². The lowest BCUT2D eigenvalue weighted by Crippen LogP contribution is -2.47. The molecule has 0 aromatic carbocycles. The number of fused-ring (bicyclic) bond motifs is 2. The second-order valence-corrected chi connectivity index (χ2v) is 10.3. The van der Waals surface area contributed by atoms with Crippen LogP contribution in [-0.2, 0) is 10.0 Å². The Kier molecular flexibility index (Phi) is 6.79. The molecule has 0 aromatic heterocycles. The van der Waals surface area contributed by atoms with Gasteiger partial charge >= 0.3 is 15.5 Å². The summed E-state index contributed by atoms with van der Waals surface area (Å²) in [5.74, 6) is 3.50. The number of nitrogens with zero attached hydrogens (tertiary/aromatic N) is 2. The summed E-state index contributed by atoms with van der Waals surface area (Å²) in [7, 11) is -3.51. The third-order valence-electron chi connectivity index (χ3n) is 6.68. The van der Waals surface area contributed by atoms with Crippen LogP contribution in [0.25, 0.3) is 0 Å². The van der Waals surface area contributed by atoms with Gasteiger partial charge in [-0.2, -0.15) is 17.5 Å². The number of aliphatic imine (C=N–C) groups is 1. The molecule has 0 spiro atoms. The zero-order valence-electron chi connectivity index (χ0n) is 16.3. The zero-order valence-corrected chi connectivity index (χ0v) is 17.2. The average Bonchev–Trinajstić information content (AvgIpc) is 3.27. The van der Waals surface area contributed by atoms with Gasteiger partial charge in [-0.1, -0.05) is 6.42 Å². The lowest BCUT2D eigenvalue weighted by Gasteiger charge is -2.31. The van der Waals surface area contributed by atoms with Gasteiger partial charge in [-0.15, -0.1) is 0 Å². The number of hydrogen-bond donors (Lipinski definition) is 2. The molecule has 162 valence electrons. The second-order valence-electron chi connectivity index (χ2n) is 8.40. The molecule has 3 fully saturated rings. The third-order valence-corrected chi connectivity index (χ3v) is 8.31. The summed E-state index contributed by atoms with van der Waals surface area (Å²) in [5.41, 5.74) is -5.22. The fraction of sp³-hybridized carbons (Fsp3) is 0.944. The van der Waals surface area contributed by atoms with Crippen LogP contribution >= 0.6 is 0 Å². The summed E-state index contributed by atoms with van der Waals surface area (Å²) in [6.45, 7) is 1.26. The van der Waals surface area contributed by atoms with Crippen LogP contribution in [0.1, 0.15) is 44.9 Å². The summed E-state index contributed by atoms with van der Waals surface area (Å²) < 4.78 is 61.3. The second kappa shape index (κ2) is 8.77. The number of hydrogen-bond acceptors (Lipinski definition) is 3. The minimum atomic E-state index is -5.22. The van der Waals surface area contributed by atoms with Crippen molar-refractivity contribution < 1.29 is 21.6 Å². The Bertz CT molecular complexity index is 660. The van der Waals surface area contributed by atoms with E-state index in [4.69, 9.17) is 0 Å². The fourth-order valence-corrected chi connectivity index (χ4v) is 6.05. The highest BCUT2D eigenvalue weighted by atomic mass is 32.2. The fourth-order valence-electron chi connectivity index (χ4n) is 5.07. The summed E-state index contributed by atoms with van der Waals surface area (Å²) in [5, 5.41) is 6.56. The van der Waals surface area contributed by atoms with Crippen LogP contribution < -0.4 is 10.6 Å². The van der Waals surface area contributed by atoms with Gasteiger partial charge in [-0.05, 0) is 62.2 Å². The molecule has 0 radical (unpaired) electrons. The van der Waals surface area contributed by atoms with E-state index in [0.717, 1.165) is 30.7 Å². The van der Waals surface area contributed by atoms with Gasteiger partial charge in [0.25, 0.3) is 0 Å². The standard InChI is InChI=1S/C18H31F3N4O2S/c1-22-17(23-7-4-16-11-14-2-3-15(16)10-14)24-12-13-5-8-25(9-6-13)28(26,27)18(19,20)21/h13-16H,2-12H2,1H3,(H2,22,23,24). The summed E-state index contributed by atoms with van der Waals surface area (Å²) in [6.07, 6.45) is 7.51. The van der Waals surface area contributed by atoms with Crippen molar-refractivity contribution in [2.75, 3.05) is 33.2 Å². The molecule has 2 aliphatic carbocycles. The first kappa shape index (κ1) is 21.7. The zero-order chi connectivity index (χ0) is 20.4. The van der Waals surface area contributed by atoms with E-state index < -0.39 is 15.5 Å². The third kappa shape index (κ3) is 4.93. The van der Waals surface area contributed by atoms with E-state index in [1.54, 1.807) is 7.05 Å². The molecule has 3 atom stereocenters. The monoisotopic (exact) mass is 424 g/mol. The van der Waals surface area contributed by atoms with Crippen LogP contribution in [0, 0.1) is 23.7 Å². The molecule has 0 amide bonds. The predicted molar refractivity (Wildman–Crippen MR) is 102 cm³/mol. The minimum Gasteiger partial charge on any atom is -0.356 e. The normalized spacial score (nSPS) is 30.0. The molecule has 3 rings (SSSR count). The van der Waals surface area contributed by atoms with Gasteiger partial charge in [0.1, 0.15) is 0 Å². The van der Waals surface area contributed by atoms with E-state index in [2.05, 4.69) is 15.6 Å². The summed E-state index contributed by atoms with van der Waals surface area (Å²) in [6, 6.07) is 0. The first-order chi connectivity index (χ1) is 13.2. The Balaban J connectivity index is 1.34. The van der Waals surface area contributed by atoms with Crippen molar-refractivity contribution in [3.63, 3.8) is 0 Å². The van der Waals surface area contributed by atoms with Crippen LogP contribution in [-0.4, -0.2) is 57.4 Å². The van der Waals surface area contributed by atoms with Crippen LogP contribution in [0.3, 0.4) is 0 Å². The van der Waals surface area contributed by atoms with E-state index in [9.17, 15) is 21.6 Å². The smallest absolute Gasteiger partial charge is 0.356 e. The average molecular weight is 425 g/mol. The van der Waals surface area contributed by atoms with Crippen molar-refractivity contribution in [3.8, 4) is 0 Å². The Morgan fingerprint density at radius 3 is 2.36 bits per heavy atom. The molecular formula is C18H31F3N4O2S. The van der Waals surface area contributed by atoms with Crippen molar-refractivity contribution in [1.82, 2.24) is 14.9 Å². The van der Waals surface area contributed by atoms with Gasteiger partial charge in [0.2, 0.25) is 0 Å². The molecule has 6 nitrogen and oxygen atoms in total. The number of halogens is 3. The highest BCUT2D eigenvalue weighted by Gasteiger charge is 2.50. The van der Waals surface area contributed by atoms with E-state index in [1.807, 2.05) is 0 Å². The van der Waals surface area contributed by atoms with Crippen LogP contribution in [0.5, 0.6) is 0 Å². The Morgan fingerprint density at radius 2 is 1.82 bits per heavy atom. The number of piperidine rings is 1. The van der Waals surface area contributed by atoms with E-state index >= 15 is 0 Å². The molecular weight excluding hydrogens is 393 g/mol. The molecule has 3 aliphatic rings. The first-order valence-corrected chi connectivity index (χ1v) is 11.7. The van der Waals surface area contributed by atoms with Gasteiger partial charge in [0.15, 0.2) is 5.96 Å². The maximum Gasteiger partial charge on any atom is 0.511 e. The SMILES string of the molecule is CN=C(NCCC1CC2CCC1C2)NCC1CCN(S(=O)(=O)C(F)(F)F)CC1. The van der Waals surface area contributed by atoms with Crippen LogP contribution in [0.2, 0.25) is 0 Å². The van der Waals surface area contributed by atoms with Crippen LogP contribution in [0.4, 0.5) is 13.2 Å². The van der Waals surface area contributed by atoms with Crippen molar-refractivity contribution >= 4 is 16.0 Å². The van der Waals surface area contributed by atoms with Crippen molar-refractivity contribution in [1.29, 1.82) is 0 Å². The number of sulfonamides is 1. The van der Waals surface area contributed by atoms with Crippen molar-refractivity contribution in [2.45, 2.75) is 50.5 Å². The van der Waals surface area contributed by atoms with Crippen LogP contribution in [0.15, 0.2) is 4.99 Å². The Labute approximate surface area is 165 Å². The molecule has 2 N–H and O–H groups in total. The van der Waals surface area contributed by atoms with E-state index in [0.29, 0.717) is 29.7 Å². The predicted octanol–water partition coefficient (Wildman–Crippen LogP) is 2.54. The van der Waals surface area contributed by atoms with E-state index in [-0.39, 0.29) is 19.0 Å². The molecule has 1 heterocycles. The quantitative estimate of drug-likeness (QED) is 0.508. The molecule has 10 heteroatoms. The topological polar surface area (TPSA) is 73.8 Å². The highest BCUT2D eigenvalue weighted by Crippen LogP contribution is 2.49. The molecule has 0 aromatic rings. The van der Waals surface area contributed by atoms with Gasteiger partial charge in [0.05, 0.1) is 0 Å². The first-order valence-electron chi connectivity index (χ1n) is 10.2. The molecule has 3 unspecified atom stereocenters. The summed E-state index contributed by atoms with van der Waals surface area (Å²) >= 11 is 0. The highest BCUT2D eigenvalue weighted by molar-refractivity contribution is 7.90. The maximum absolute atomic E-state index is 12.6. The van der Waals surface area contributed by atoms with Gasteiger partial charge < -0.3 is 10.6 Å². The molecule has 1 saturated heterocycles. The number of rotatable bonds is 6. The minimum absolute atomic E-state index is 0.0928. The number of nitrogens with one attached hydrogen (secondary N) is 2. The largest absolute Gasteiger partial charge is 0.511 e. The van der Waals surface area contributed by atoms with Gasteiger partial charge in [-0.3, -0.25) is 4.99 Å². The molecule has 2 bridgehead atoms. The molecule has 1 aliphatic heterocycles. The van der Waals surface area contributed by atoms with E-state index in [1.165, 1.54) is 25.7 Å². The van der Waals surface area contributed by atoms with Crippen molar-refractivity contribution in [2.24, 2.45) is 28.7 Å². The molecule has 2 saturated carbocycles. The lowest BCUT2D eigenvalue weighted by molar-refractivity contribution is -0.0496. The number of guanidine groups is 1. The maximum atomic E-state index is 12.6. The Morgan fingerprint density at radius 1 is 1.11 bits per heavy atom. The lowest BCUT2D eigenvalue weighted by atomic mass is 9.86. The van der Waals surface area contributed by atoms with Crippen molar-refractivity contribution in [3.05, 3.63) is 0 Å². The molecule has 28 heavy (non-hydrogen) atoms.